The lowest BCUT2D eigenvalue weighted by atomic mass is 9.91. The molecule has 0 radical (unpaired) electrons. The van der Waals surface area contributed by atoms with Gasteiger partial charge in [0.15, 0.2) is 0 Å². The predicted molar refractivity (Wildman–Crippen MR) is 126 cm³/mol. The minimum absolute atomic E-state index is 1.04. The van der Waals surface area contributed by atoms with Gasteiger partial charge in [-0.1, -0.05) is 58.3 Å². The normalized spacial score (nSPS) is 25.3. The predicted octanol–water partition coefficient (Wildman–Crippen LogP) is 5.89. The highest BCUT2D eigenvalue weighted by atomic mass is 15.1. The summed E-state index contributed by atoms with van der Waals surface area (Å²) in [4.78, 5) is 7.18. The fourth-order valence-corrected chi connectivity index (χ4v) is 4.46. The molecule has 168 valence electrons. The maximum absolute atomic E-state index is 2.39. The van der Waals surface area contributed by atoms with E-state index in [1.165, 1.54) is 129 Å². The first kappa shape index (κ1) is 25.9. The van der Waals surface area contributed by atoms with Crippen molar-refractivity contribution in [2.75, 3.05) is 60.4 Å². The Morgan fingerprint density at radius 1 is 0.393 bits per heavy atom. The third-order valence-corrected chi connectivity index (χ3v) is 6.63. The molecular weight excluding hydrogens is 342 g/mol. The lowest BCUT2D eigenvalue weighted by Crippen LogP contribution is -2.24. The second kappa shape index (κ2) is 17.7. The van der Waals surface area contributed by atoms with Crippen LogP contribution < -0.4 is 0 Å². The van der Waals surface area contributed by atoms with Crippen LogP contribution in [-0.4, -0.2) is 75.1 Å². The molecule has 0 bridgehead atoms. The van der Waals surface area contributed by atoms with Crippen LogP contribution >= 0.6 is 0 Å². The topological polar surface area (TPSA) is 9.72 Å². The molecule has 3 saturated heterocycles. The fraction of sp³-hybridized carbons (Fsp3) is 1.00. The van der Waals surface area contributed by atoms with Crippen molar-refractivity contribution in [3.63, 3.8) is 0 Å². The first-order valence-electron chi connectivity index (χ1n) is 12.6. The van der Waals surface area contributed by atoms with Gasteiger partial charge in [0.05, 0.1) is 0 Å². The average Bonchev–Trinajstić information content (AvgIpc) is 2.72. The van der Waals surface area contributed by atoms with Crippen molar-refractivity contribution in [3.8, 4) is 0 Å². The quantitative estimate of drug-likeness (QED) is 0.506. The SMILES string of the molecule is CC1CCCCC1.CN1CCCCC1.CN1CCCCC1.CN1CCCCC1. The van der Waals surface area contributed by atoms with Gasteiger partial charge in [-0.25, -0.2) is 0 Å². The van der Waals surface area contributed by atoms with E-state index >= 15 is 0 Å². The Morgan fingerprint density at radius 2 is 0.643 bits per heavy atom. The summed E-state index contributed by atoms with van der Waals surface area (Å²) in [5.41, 5.74) is 0. The van der Waals surface area contributed by atoms with Crippen molar-refractivity contribution >= 4 is 0 Å². The monoisotopic (exact) mass is 395 g/mol. The molecule has 4 aliphatic rings. The molecule has 4 fully saturated rings. The first-order valence-corrected chi connectivity index (χ1v) is 12.6. The minimum atomic E-state index is 1.04. The van der Waals surface area contributed by atoms with Crippen LogP contribution in [0.3, 0.4) is 0 Å². The van der Waals surface area contributed by atoms with Gasteiger partial charge >= 0.3 is 0 Å². The Kier molecular flexibility index (Phi) is 16.4. The Hall–Kier alpha value is -0.120. The molecule has 1 saturated carbocycles. The van der Waals surface area contributed by atoms with Crippen LogP contribution in [0.1, 0.15) is 96.8 Å². The summed E-state index contributed by atoms with van der Waals surface area (Å²) in [6, 6.07) is 0. The molecule has 28 heavy (non-hydrogen) atoms. The van der Waals surface area contributed by atoms with Crippen LogP contribution in [-0.2, 0) is 0 Å². The number of piperidine rings is 3. The molecule has 0 unspecified atom stereocenters. The summed E-state index contributed by atoms with van der Waals surface area (Å²) in [5.74, 6) is 1.04. The zero-order chi connectivity index (χ0) is 20.5. The van der Waals surface area contributed by atoms with E-state index in [1.807, 2.05) is 0 Å². The summed E-state index contributed by atoms with van der Waals surface area (Å²) >= 11 is 0. The maximum Gasteiger partial charge on any atom is -0.00218 e. The van der Waals surface area contributed by atoms with Crippen LogP contribution in [0.25, 0.3) is 0 Å². The van der Waals surface area contributed by atoms with Crippen LogP contribution in [0, 0.1) is 5.92 Å². The summed E-state index contributed by atoms with van der Waals surface area (Å²) in [5, 5.41) is 0. The number of hydrogen-bond acceptors (Lipinski definition) is 3. The largest absolute Gasteiger partial charge is 0.306 e. The van der Waals surface area contributed by atoms with E-state index in [2.05, 4.69) is 42.8 Å². The van der Waals surface area contributed by atoms with Crippen molar-refractivity contribution in [3.05, 3.63) is 0 Å². The zero-order valence-corrected chi connectivity index (χ0v) is 20.1. The number of nitrogens with zero attached hydrogens (tertiary/aromatic N) is 3. The summed E-state index contributed by atoms with van der Waals surface area (Å²) < 4.78 is 0. The Morgan fingerprint density at radius 3 is 0.786 bits per heavy atom. The highest BCUT2D eigenvalue weighted by Crippen LogP contribution is 2.22. The molecule has 0 amide bonds. The zero-order valence-electron chi connectivity index (χ0n) is 20.1. The van der Waals surface area contributed by atoms with E-state index in [9.17, 15) is 0 Å². The highest BCUT2D eigenvalue weighted by molar-refractivity contribution is 4.60. The standard InChI is InChI=1S/C7H14.3C6H13N/c4*1-7-5-3-2-4-6-7/h7H,2-6H2,1H3;3*2-6H2,1H3. The third-order valence-electron chi connectivity index (χ3n) is 6.63. The van der Waals surface area contributed by atoms with Crippen LogP contribution in [0.15, 0.2) is 0 Å². The molecule has 0 aromatic carbocycles. The van der Waals surface area contributed by atoms with Crippen LogP contribution in [0.2, 0.25) is 0 Å². The fourth-order valence-electron chi connectivity index (χ4n) is 4.46. The molecule has 0 atom stereocenters. The third kappa shape index (κ3) is 15.8. The molecule has 3 heterocycles. The van der Waals surface area contributed by atoms with Crippen molar-refractivity contribution in [2.24, 2.45) is 5.92 Å². The number of rotatable bonds is 0. The molecule has 0 aromatic rings. The van der Waals surface area contributed by atoms with E-state index < -0.39 is 0 Å². The molecule has 0 aromatic heterocycles. The van der Waals surface area contributed by atoms with E-state index in [0.717, 1.165) is 5.92 Å². The van der Waals surface area contributed by atoms with E-state index in [4.69, 9.17) is 0 Å². The van der Waals surface area contributed by atoms with Gasteiger partial charge in [-0.2, -0.15) is 0 Å². The Balaban J connectivity index is 0.000000187. The molecule has 3 aliphatic heterocycles. The number of hydrogen-bond donors (Lipinski definition) is 0. The van der Waals surface area contributed by atoms with Crippen LogP contribution in [0.5, 0.6) is 0 Å². The summed E-state index contributed by atoms with van der Waals surface area (Å²) in [6.45, 7) is 10.3. The van der Waals surface area contributed by atoms with Gasteiger partial charge in [0, 0.05) is 0 Å². The van der Waals surface area contributed by atoms with Gasteiger partial charge in [-0.05, 0) is 105 Å². The lowest BCUT2D eigenvalue weighted by Gasteiger charge is -2.20. The molecule has 1 aliphatic carbocycles. The second-order valence-electron chi connectivity index (χ2n) is 9.83. The summed E-state index contributed by atoms with van der Waals surface area (Å²) in [7, 11) is 6.58. The average molecular weight is 396 g/mol. The summed E-state index contributed by atoms with van der Waals surface area (Å²) in [6.07, 6.45) is 20.3. The highest BCUT2D eigenvalue weighted by Gasteiger charge is 2.06. The van der Waals surface area contributed by atoms with Gasteiger partial charge in [0.2, 0.25) is 0 Å². The Bertz CT molecular complexity index is 246. The lowest BCUT2D eigenvalue weighted by molar-refractivity contribution is 0.277. The van der Waals surface area contributed by atoms with Gasteiger partial charge in [-0.15, -0.1) is 0 Å². The number of likely N-dealkylation sites (tertiary alicyclic amines) is 3. The molecule has 4 rings (SSSR count). The van der Waals surface area contributed by atoms with Crippen molar-refractivity contribution < 1.29 is 0 Å². The molecule has 0 spiro atoms. The van der Waals surface area contributed by atoms with Gasteiger partial charge in [-0.3, -0.25) is 0 Å². The molecule has 3 nitrogen and oxygen atoms in total. The van der Waals surface area contributed by atoms with E-state index in [-0.39, 0.29) is 0 Å². The van der Waals surface area contributed by atoms with Gasteiger partial charge in [0.1, 0.15) is 0 Å². The maximum atomic E-state index is 2.39. The van der Waals surface area contributed by atoms with Gasteiger partial charge in [0.25, 0.3) is 0 Å². The van der Waals surface area contributed by atoms with Crippen molar-refractivity contribution in [1.29, 1.82) is 0 Å². The van der Waals surface area contributed by atoms with Gasteiger partial charge < -0.3 is 14.7 Å². The first-order chi connectivity index (χ1) is 13.6. The molecular formula is C25H53N3. The Labute approximate surface area is 178 Å². The van der Waals surface area contributed by atoms with Crippen molar-refractivity contribution in [1.82, 2.24) is 14.7 Å². The second-order valence-corrected chi connectivity index (χ2v) is 9.83. The minimum Gasteiger partial charge on any atom is -0.306 e. The van der Waals surface area contributed by atoms with E-state index in [1.54, 1.807) is 0 Å². The molecule has 3 heteroatoms. The van der Waals surface area contributed by atoms with Crippen molar-refractivity contribution in [2.45, 2.75) is 96.8 Å². The smallest absolute Gasteiger partial charge is 0.00218 e. The molecule has 0 N–H and O–H groups in total. The van der Waals surface area contributed by atoms with Crippen LogP contribution in [0.4, 0.5) is 0 Å². The van der Waals surface area contributed by atoms with E-state index in [0.29, 0.717) is 0 Å².